The van der Waals surface area contributed by atoms with Gasteiger partial charge in [-0.25, -0.2) is 4.79 Å². The number of carbonyl (C=O) groups is 1. The van der Waals surface area contributed by atoms with Gasteiger partial charge in [0.15, 0.2) is 0 Å². The number of hydrogen-bond donors (Lipinski definition) is 2. The fourth-order valence-electron chi connectivity index (χ4n) is 3.16. The molecule has 0 heterocycles. The summed E-state index contributed by atoms with van der Waals surface area (Å²) in [5, 5.41) is 8.36. The molecule has 0 saturated carbocycles. The number of carbonyl (C=O) groups excluding carboxylic acids is 1. The highest BCUT2D eigenvalue weighted by Gasteiger charge is 2.24. The standard InChI is InChI=1S/C17H20N2O2/c1-3-18-17(20)19-13-9-12-6-4-5-11-7-8-15(21-2)14(10-13)16(11)12/h4-8,13H,3,9-10H2,1-2H3,(H2,18,19,20). The van der Waals surface area contributed by atoms with Gasteiger partial charge in [0.1, 0.15) is 5.75 Å². The molecule has 0 aliphatic heterocycles. The van der Waals surface area contributed by atoms with Gasteiger partial charge in [0.05, 0.1) is 7.11 Å². The highest BCUT2D eigenvalue weighted by molar-refractivity contribution is 5.92. The Morgan fingerprint density at radius 2 is 2.14 bits per heavy atom. The van der Waals surface area contributed by atoms with Crippen molar-refractivity contribution in [1.29, 1.82) is 0 Å². The van der Waals surface area contributed by atoms with Crippen molar-refractivity contribution in [1.82, 2.24) is 10.6 Å². The van der Waals surface area contributed by atoms with E-state index < -0.39 is 0 Å². The first-order chi connectivity index (χ1) is 10.2. The SMILES string of the molecule is CCNC(=O)NC1Cc2cccc3ccc(OC)c(c23)C1. The Kier molecular flexibility index (Phi) is 3.69. The van der Waals surface area contributed by atoms with Crippen molar-refractivity contribution >= 4 is 16.8 Å². The van der Waals surface area contributed by atoms with Crippen molar-refractivity contribution in [3.8, 4) is 5.75 Å². The van der Waals surface area contributed by atoms with Crippen LogP contribution in [0.3, 0.4) is 0 Å². The molecule has 110 valence electrons. The van der Waals surface area contributed by atoms with E-state index >= 15 is 0 Å². The van der Waals surface area contributed by atoms with Gasteiger partial charge in [-0.15, -0.1) is 0 Å². The van der Waals surface area contributed by atoms with Crippen molar-refractivity contribution in [3.63, 3.8) is 0 Å². The summed E-state index contributed by atoms with van der Waals surface area (Å²) in [4.78, 5) is 11.8. The Morgan fingerprint density at radius 3 is 2.90 bits per heavy atom. The molecule has 0 fully saturated rings. The Hall–Kier alpha value is -2.23. The van der Waals surface area contributed by atoms with E-state index in [1.54, 1.807) is 7.11 Å². The Morgan fingerprint density at radius 1 is 1.29 bits per heavy atom. The Bertz CT molecular complexity index is 682. The third-order valence-electron chi connectivity index (χ3n) is 4.01. The lowest BCUT2D eigenvalue weighted by Crippen LogP contribution is -2.45. The van der Waals surface area contributed by atoms with Gasteiger partial charge in [-0.05, 0) is 42.2 Å². The monoisotopic (exact) mass is 284 g/mol. The number of urea groups is 1. The molecule has 4 heteroatoms. The van der Waals surface area contributed by atoms with Crippen molar-refractivity contribution in [2.24, 2.45) is 0 Å². The van der Waals surface area contributed by atoms with E-state index in [0.29, 0.717) is 6.54 Å². The van der Waals surface area contributed by atoms with Gasteiger partial charge in [-0.1, -0.05) is 24.3 Å². The normalized spacial score (nSPS) is 16.6. The molecule has 2 N–H and O–H groups in total. The molecule has 0 saturated heterocycles. The van der Waals surface area contributed by atoms with Crippen LogP contribution in [0.1, 0.15) is 18.1 Å². The van der Waals surface area contributed by atoms with Gasteiger partial charge in [0.2, 0.25) is 0 Å². The fraction of sp³-hybridized carbons (Fsp3) is 0.353. The van der Waals surface area contributed by atoms with Gasteiger partial charge in [-0.3, -0.25) is 0 Å². The second kappa shape index (κ2) is 5.64. The second-order valence-electron chi connectivity index (χ2n) is 5.37. The van der Waals surface area contributed by atoms with Crippen LogP contribution in [-0.4, -0.2) is 25.7 Å². The highest BCUT2D eigenvalue weighted by Crippen LogP contribution is 2.35. The maximum absolute atomic E-state index is 11.8. The first kappa shape index (κ1) is 13.7. The fourth-order valence-corrected chi connectivity index (χ4v) is 3.16. The molecule has 3 rings (SSSR count). The van der Waals surface area contributed by atoms with Gasteiger partial charge in [-0.2, -0.15) is 0 Å². The van der Waals surface area contributed by atoms with Crippen molar-refractivity contribution in [3.05, 3.63) is 41.5 Å². The molecule has 2 aromatic rings. The number of amides is 2. The highest BCUT2D eigenvalue weighted by atomic mass is 16.5. The zero-order valence-electron chi connectivity index (χ0n) is 12.4. The van der Waals surface area contributed by atoms with Crippen molar-refractivity contribution in [2.45, 2.75) is 25.8 Å². The van der Waals surface area contributed by atoms with E-state index in [-0.39, 0.29) is 12.1 Å². The first-order valence-electron chi connectivity index (χ1n) is 7.34. The zero-order chi connectivity index (χ0) is 14.8. The summed E-state index contributed by atoms with van der Waals surface area (Å²) in [6, 6.07) is 10.4. The topological polar surface area (TPSA) is 50.4 Å². The minimum absolute atomic E-state index is 0.103. The molecule has 0 bridgehead atoms. The van der Waals surface area contributed by atoms with E-state index in [2.05, 4.69) is 34.9 Å². The van der Waals surface area contributed by atoms with Gasteiger partial charge in [0.25, 0.3) is 0 Å². The van der Waals surface area contributed by atoms with Gasteiger partial charge < -0.3 is 15.4 Å². The zero-order valence-corrected chi connectivity index (χ0v) is 12.4. The van der Waals surface area contributed by atoms with Crippen LogP contribution in [-0.2, 0) is 12.8 Å². The molecule has 2 amide bonds. The molecule has 21 heavy (non-hydrogen) atoms. The predicted octanol–water partition coefficient (Wildman–Crippen LogP) is 2.63. The summed E-state index contributed by atoms with van der Waals surface area (Å²) in [5.41, 5.74) is 2.47. The molecule has 4 nitrogen and oxygen atoms in total. The van der Waals surface area contributed by atoms with Gasteiger partial charge in [0, 0.05) is 18.2 Å². The molecule has 1 aliphatic carbocycles. The summed E-state index contributed by atoms with van der Waals surface area (Å²) in [6.07, 6.45) is 1.66. The number of methoxy groups -OCH3 is 1. The average molecular weight is 284 g/mol. The van der Waals surface area contributed by atoms with Gasteiger partial charge >= 0.3 is 6.03 Å². The van der Waals surface area contributed by atoms with E-state index in [4.69, 9.17) is 4.74 Å². The van der Waals surface area contributed by atoms with E-state index in [0.717, 1.165) is 18.6 Å². The molecular weight excluding hydrogens is 264 g/mol. The van der Waals surface area contributed by atoms with Crippen LogP contribution in [0.25, 0.3) is 10.8 Å². The van der Waals surface area contributed by atoms with Crippen LogP contribution in [0.5, 0.6) is 5.75 Å². The number of rotatable bonds is 3. The minimum atomic E-state index is -0.104. The summed E-state index contributed by atoms with van der Waals surface area (Å²) in [7, 11) is 1.70. The smallest absolute Gasteiger partial charge is 0.315 e. The number of ether oxygens (including phenoxy) is 1. The van der Waals surface area contributed by atoms with Crippen LogP contribution in [0, 0.1) is 0 Å². The van der Waals surface area contributed by atoms with Crippen molar-refractivity contribution in [2.75, 3.05) is 13.7 Å². The van der Waals surface area contributed by atoms with Crippen LogP contribution >= 0.6 is 0 Å². The number of nitrogens with one attached hydrogen (secondary N) is 2. The molecule has 0 radical (unpaired) electrons. The molecular formula is C17H20N2O2. The Labute approximate surface area is 124 Å². The molecule has 1 atom stereocenters. The maximum Gasteiger partial charge on any atom is 0.315 e. The molecule has 1 aliphatic rings. The van der Waals surface area contributed by atoms with Crippen LogP contribution < -0.4 is 15.4 Å². The predicted molar refractivity (Wildman–Crippen MR) is 83.9 cm³/mol. The minimum Gasteiger partial charge on any atom is -0.496 e. The molecule has 2 aromatic carbocycles. The largest absolute Gasteiger partial charge is 0.496 e. The Balaban J connectivity index is 1.97. The molecule has 1 unspecified atom stereocenters. The summed E-state index contributed by atoms with van der Waals surface area (Å²) >= 11 is 0. The number of benzene rings is 2. The molecule has 0 aromatic heterocycles. The summed E-state index contributed by atoms with van der Waals surface area (Å²) < 4.78 is 5.51. The lowest BCUT2D eigenvalue weighted by Gasteiger charge is -2.27. The third-order valence-corrected chi connectivity index (χ3v) is 4.01. The van der Waals surface area contributed by atoms with Crippen LogP contribution in [0.15, 0.2) is 30.3 Å². The van der Waals surface area contributed by atoms with Crippen molar-refractivity contribution < 1.29 is 9.53 Å². The summed E-state index contributed by atoms with van der Waals surface area (Å²) in [6.45, 7) is 2.55. The molecule has 0 spiro atoms. The first-order valence-corrected chi connectivity index (χ1v) is 7.34. The summed E-state index contributed by atoms with van der Waals surface area (Å²) in [5.74, 6) is 0.900. The van der Waals surface area contributed by atoms with E-state index in [1.165, 1.54) is 21.9 Å². The average Bonchev–Trinajstić information content (AvgIpc) is 2.48. The van der Waals surface area contributed by atoms with E-state index in [9.17, 15) is 4.79 Å². The lowest BCUT2D eigenvalue weighted by atomic mass is 9.85. The lowest BCUT2D eigenvalue weighted by molar-refractivity contribution is 0.237. The van der Waals surface area contributed by atoms with Crippen LogP contribution in [0.4, 0.5) is 4.79 Å². The second-order valence-corrected chi connectivity index (χ2v) is 5.37. The number of hydrogen-bond acceptors (Lipinski definition) is 2. The van der Waals surface area contributed by atoms with Crippen LogP contribution in [0.2, 0.25) is 0 Å². The van der Waals surface area contributed by atoms with E-state index in [1.807, 2.05) is 13.0 Å². The third kappa shape index (κ3) is 2.53. The quantitative estimate of drug-likeness (QED) is 0.910. The maximum atomic E-state index is 11.8.